The highest BCUT2D eigenvalue weighted by Crippen LogP contribution is 2.32. The number of hydrogen-bond acceptors (Lipinski definition) is 4. The van der Waals surface area contributed by atoms with Crippen LogP contribution in [0.4, 0.5) is 8.78 Å². The molecule has 2 saturated heterocycles. The Balaban J connectivity index is 1.90. The van der Waals surface area contributed by atoms with Crippen LogP contribution in [0.2, 0.25) is 0 Å². The molecule has 0 amide bonds. The van der Waals surface area contributed by atoms with E-state index in [1.165, 1.54) is 0 Å². The fourth-order valence-corrected chi connectivity index (χ4v) is 2.83. The van der Waals surface area contributed by atoms with Gasteiger partial charge in [0.05, 0.1) is 6.42 Å². The Morgan fingerprint density at radius 2 is 2.22 bits per heavy atom. The second kappa shape index (κ2) is 5.48. The minimum atomic E-state index is -3.30. The minimum Gasteiger partial charge on any atom is -0.456 e. The van der Waals surface area contributed by atoms with Gasteiger partial charge in [0, 0.05) is 12.6 Å². The molecule has 0 saturated carbocycles. The summed E-state index contributed by atoms with van der Waals surface area (Å²) in [6.45, 7) is 1.89. The number of cyclic esters (lactones) is 1. The summed E-state index contributed by atoms with van der Waals surface area (Å²) in [6, 6.07) is 0.344. The Morgan fingerprint density at radius 3 is 2.83 bits per heavy atom. The Bertz CT molecular complexity index is 310. The van der Waals surface area contributed by atoms with Crippen LogP contribution in [-0.2, 0) is 9.53 Å². The van der Waals surface area contributed by atoms with E-state index in [0.29, 0.717) is 19.1 Å². The first-order valence-electron chi connectivity index (χ1n) is 6.56. The van der Waals surface area contributed by atoms with Crippen LogP contribution in [0, 0.1) is 0 Å². The van der Waals surface area contributed by atoms with Gasteiger partial charge in [-0.15, -0.1) is 0 Å². The zero-order valence-electron chi connectivity index (χ0n) is 10.4. The number of esters is 1. The highest BCUT2D eigenvalue weighted by molar-refractivity contribution is 5.79. The molecule has 0 bridgehead atoms. The lowest BCUT2D eigenvalue weighted by molar-refractivity contribution is -0.159. The minimum absolute atomic E-state index is 0.344. The van der Waals surface area contributed by atoms with Crippen LogP contribution >= 0.6 is 0 Å². The van der Waals surface area contributed by atoms with Gasteiger partial charge >= 0.3 is 11.9 Å². The highest BCUT2D eigenvalue weighted by Gasteiger charge is 2.51. The van der Waals surface area contributed by atoms with Crippen molar-refractivity contribution in [1.82, 2.24) is 4.90 Å². The average molecular weight is 262 g/mol. The third kappa shape index (κ3) is 2.98. The number of likely N-dealkylation sites (tertiary alicyclic amines) is 1. The molecule has 2 atom stereocenters. The van der Waals surface area contributed by atoms with Crippen molar-refractivity contribution in [3.63, 3.8) is 0 Å². The van der Waals surface area contributed by atoms with Crippen molar-refractivity contribution in [2.75, 3.05) is 19.6 Å². The van der Waals surface area contributed by atoms with E-state index < -0.39 is 24.4 Å². The standard InChI is InChI=1S/C12H20F2N2O2/c13-12(14)7-10(18-11(12)17)8-16-6-2-1-3-9(16)4-5-15/h9-10H,1-8,15H2. The number of alkyl halides is 2. The lowest BCUT2D eigenvalue weighted by Crippen LogP contribution is -2.44. The first-order valence-corrected chi connectivity index (χ1v) is 6.56. The molecule has 104 valence electrons. The van der Waals surface area contributed by atoms with Crippen molar-refractivity contribution < 1.29 is 18.3 Å². The molecule has 2 aliphatic rings. The lowest BCUT2D eigenvalue weighted by Gasteiger charge is -2.36. The second-order valence-electron chi connectivity index (χ2n) is 5.16. The first-order chi connectivity index (χ1) is 8.53. The van der Waals surface area contributed by atoms with E-state index >= 15 is 0 Å². The largest absolute Gasteiger partial charge is 0.456 e. The molecule has 4 nitrogen and oxygen atoms in total. The third-order valence-corrected chi connectivity index (χ3v) is 3.74. The lowest BCUT2D eigenvalue weighted by atomic mass is 9.98. The molecule has 2 heterocycles. The monoisotopic (exact) mass is 262 g/mol. The molecule has 2 aliphatic heterocycles. The maximum absolute atomic E-state index is 13.1. The number of hydrogen-bond donors (Lipinski definition) is 1. The van der Waals surface area contributed by atoms with Crippen LogP contribution in [0.15, 0.2) is 0 Å². The van der Waals surface area contributed by atoms with Crippen LogP contribution < -0.4 is 5.73 Å². The zero-order valence-corrected chi connectivity index (χ0v) is 10.4. The summed E-state index contributed by atoms with van der Waals surface area (Å²) in [4.78, 5) is 13.1. The van der Waals surface area contributed by atoms with E-state index in [9.17, 15) is 13.6 Å². The maximum Gasteiger partial charge on any atom is 0.377 e. The summed E-state index contributed by atoms with van der Waals surface area (Å²) in [6.07, 6.45) is 2.98. The Hall–Kier alpha value is -0.750. The van der Waals surface area contributed by atoms with E-state index in [0.717, 1.165) is 32.2 Å². The summed E-state index contributed by atoms with van der Waals surface area (Å²) in [5.74, 6) is -4.68. The molecule has 18 heavy (non-hydrogen) atoms. The van der Waals surface area contributed by atoms with Crippen molar-refractivity contribution in [3.05, 3.63) is 0 Å². The molecule has 2 rings (SSSR count). The van der Waals surface area contributed by atoms with E-state index in [-0.39, 0.29) is 0 Å². The van der Waals surface area contributed by atoms with Crippen LogP contribution in [-0.4, -0.2) is 48.6 Å². The van der Waals surface area contributed by atoms with Gasteiger partial charge in [-0.1, -0.05) is 6.42 Å². The fraction of sp³-hybridized carbons (Fsp3) is 0.917. The van der Waals surface area contributed by atoms with E-state index in [2.05, 4.69) is 4.90 Å². The van der Waals surface area contributed by atoms with E-state index in [4.69, 9.17) is 10.5 Å². The van der Waals surface area contributed by atoms with Crippen molar-refractivity contribution in [2.24, 2.45) is 5.73 Å². The molecule has 0 aromatic heterocycles. The number of halogens is 2. The Kier molecular flexibility index (Phi) is 4.17. The van der Waals surface area contributed by atoms with Crippen LogP contribution in [0.3, 0.4) is 0 Å². The SMILES string of the molecule is NCCC1CCCCN1CC1CC(F)(F)C(=O)O1. The Morgan fingerprint density at radius 1 is 1.44 bits per heavy atom. The topological polar surface area (TPSA) is 55.6 Å². The summed E-state index contributed by atoms with van der Waals surface area (Å²) >= 11 is 0. The zero-order chi connectivity index (χ0) is 13.2. The number of nitrogens with two attached hydrogens (primary N) is 1. The van der Waals surface area contributed by atoms with Gasteiger partial charge in [0.25, 0.3) is 0 Å². The Labute approximate surface area is 105 Å². The quantitative estimate of drug-likeness (QED) is 0.772. The number of nitrogens with zero attached hydrogens (tertiary/aromatic N) is 1. The first kappa shape index (κ1) is 13.7. The van der Waals surface area contributed by atoms with Gasteiger partial charge in [0.15, 0.2) is 0 Å². The number of rotatable bonds is 4. The van der Waals surface area contributed by atoms with Crippen LogP contribution in [0.1, 0.15) is 32.1 Å². The summed E-state index contributed by atoms with van der Waals surface area (Å²) < 4.78 is 30.9. The van der Waals surface area contributed by atoms with E-state index in [1.54, 1.807) is 0 Å². The molecule has 0 aromatic rings. The smallest absolute Gasteiger partial charge is 0.377 e. The van der Waals surface area contributed by atoms with Gasteiger partial charge in [0.1, 0.15) is 6.10 Å². The van der Waals surface area contributed by atoms with Crippen molar-refractivity contribution in [2.45, 2.75) is 50.2 Å². The molecule has 2 N–H and O–H groups in total. The number of carbonyl (C=O) groups excluding carboxylic acids is 1. The molecule has 2 fully saturated rings. The van der Waals surface area contributed by atoms with Gasteiger partial charge in [-0.05, 0) is 32.4 Å². The molecule has 2 unspecified atom stereocenters. The molecule has 0 aliphatic carbocycles. The van der Waals surface area contributed by atoms with Crippen LogP contribution in [0.25, 0.3) is 0 Å². The normalized spacial score (nSPS) is 32.5. The van der Waals surface area contributed by atoms with Crippen molar-refractivity contribution in [3.8, 4) is 0 Å². The van der Waals surface area contributed by atoms with Gasteiger partial charge < -0.3 is 10.5 Å². The molecule has 0 spiro atoms. The molecule has 0 radical (unpaired) electrons. The summed E-state index contributed by atoms with van der Waals surface area (Å²) in [5.41, 5.74) is 5.56. The van der Waals surface area contributed by atoms with E-state index in [1.807, 2.05) is 0 Å². The number of piperidine rings is 1. The predicted octanol–water partition coefficient (Wildman–Crippen LogP) is 1.14. The molecular weight excluding hydrogens is 242 g/mol. The van der Waals surface area contributed by atoms with Gasteiger partial charge in [-0.25, -0.2) is 4.79 Å². The van der Waals surface area contributed by atoms with Gasteiger partial charge in [-0.2, -0.15) is 8.78 Å². The van der Waals surface area contributed by atoms with Crippen LogP contribution in [0.5, 0.6) is 0 Å². The second-order valence-corrected chi connectivity index (χ2v) is 5.16. The van der Waals surface area contributed by atoms with Gasteiger partial charge in [-0.3, -0.25) is 4.90 Å². The average Bonchev–Trinajstić information content (AvgIpc) is 2.55. The molecule has 0 aromatic carbocycles. The maximum atomic E-state index is 13.1. The summed E-state index contributed by atoms with van der Waals surface area (Å²) in [7, 11) is 0. The molecule has 6 heteroatoms. The highest BCUT2D eigenvalue weighted by atomic mass is 19.3. The number of carbonyl (C=O) groups is 1. The number of ether oxygens (including phenoxy) is 1. The third-order valence-electron chi connectivity index (χ3n) is 3.74. The molecular formula is C12H20F2N2O2. The van der Waals surface area contributed by atoms with Crippen molar-refractivity contribution >= 4 is 5.97 Å². The summed E-state index contributed by atoms with van der Waals surface area (Å²) in [5, 5.41) is 0. The van der Waals surface area contributed by atoms with Gasteiger partial charge in [0.2, 0.25) is 0 Å². The predicted molar refractivity (Wildman–Crippen MR) is 62.3 cm³/mol. The fourth-order valence-electron chi connectivity index (χ4n) is 2.83. The van der Waals surface area contributed by atoms with Crippen molar-refractivity contribution in [1.29, 1.82) is 0 Å².